The number of fused-ring (bicyclic) bond motifs is 1. The topological polar surface area (TPSA) is 189 Å². The molecule has 0 radical (unpaired) electrons. The molecule has 8 rings (SSSR count). The van der Waals surface area contributed by atoms with Crippen LogP contribution in [0.2, 0.25) is 0 Å². The summed E-state index contributed by atoms with van der Waals surface area (Å²) in [7, 11) is 1.31. The summed E-state index contributed by atoms with van der Waals surface area (Å²) in [6, 6.07) is 20.1. The van der Waals surface area contributed by atoms with E-state index in [9.17, 15) is 37.5 Å². The van der Waals surface area contributed by atoms with Crippen LogP contribution in [-0.4, -0.2) is 159 Å². The maximum atomic E-state index is 14.4. The minimum absolute atomic E-state index is 0.0231. The number of aromatic nitrogens is 1. The number of Topliss-reactive ketones (excluding diaryl/α,β-unsaturated/α-hetero) is 1. The third-order valence-corrected chi connectivity index (χ3v) is 17.1. The van der Waals surface area contributed by atoms with Crippen molar-refractivity contribution in [2.45, 2.75) is 96.6 Å². The molecule has 476 valence electrons. The van der Waals surface area contributed by atoms with E-state index in [1.54, 1.807) is 16.2 Å². The van der Waals surface area contributed by atoms with Crippen LogP contribution in [0.15, 0.2) is 95.9 Å². The molecule has 4 aromatic carbocycles. The molecule has 0 saturated carbocycles. The maximum absolute atomic E-state index is 14.4. The number of aliphatic hydroxyl groups is 1. The predicted octanol–water partition coefficient (Wildman–Crippen LogP) is 12.2. The molecular formula is C66H76F3N5O13S2. The number of methoxy groups -OCH3 is 1. The van der Waals surface area contributed by atoms with Gasteiger partial charge in [-0.1, -0.05) is 69.0 Å². The largest absolute Gasteiger partial charge is 0.493 e. The number of halogens is 3. The Morgan fingerprint density at radius 2 is 1.49 bits per heavy atom. The van der Waals surface area contributed by atoms with Crippen molar-refractivity contribution >= 4 is 63.4 Å². The van der Waals surface area contributed by atoms with Crippen LogP contribution in [0.1, 0.15) is 85.9 Å². The van der Waals surface area contributed by atoms with Crippen molar-refractivity contribution in [3.8, 4) is 33.4 Å². The number of amides is 3. The van der Waals surface area contributed by atoms with Crippen LogP contribution >= 0.6 is 23.1 Å². The zero-order chi connectivity index (χ0) is 63.5. The van der Waals surface area contributed by atoms with Crippen LogP contribution in [0.4, 0.5) is 23.7 Å². The van der Waals surface area contributed by atoms with Gasteiger partial charge in [-0.3, -0.25) is 24.1 Å². The number of aryl methyl sites for hydroxylation is 2. The van der Waals surface area contributed by atoms with Crippen molar-refractivity contribution < 1.29 is 75.4 Å². The molecule has 1 N–H and O–H groups in total. The Bertz CT molecular complexity index is 3330. The summed E-state index contributed by atoms with van der Waals surface area (Å²) in [6.45, 7) is 22.6. The fourth-order valence-electron chi connectivity index (χ4n) is 10.6. The second-order valence-corrected chi connectivity index (χ2v) is 23.7. The molecule has 2 fully saturated rings. The molecule has 0 aliphatic carbocycles. The number of carbonyl (C=O) groups excluding carboxylic acids is 4. The number of hydrogen-bond donors (Lipinski definition) is 1. The second kappa shape index (κ2) is 33.1. The van der Waals surface area contributed by atoms with E-state index in [2.05, 4.69) is 16.4 Å². The third kappa shape index (κ3) is 18.5. The minimum Gasteiger partial charge on any atom is -0.493 e. The van der Waals surface area contributed by atoms with Gasteiger partial charge in [-0.25, -0.2) is 9.83 Å². The number of ketones is 1. The first kappa shape index (κ1) is 67.8. The van der Waals surface area contributed by atoms with Gasteiger partial charge in [-0.05, 0) is 115 Å². The van der Waals surface area contributed by atoms with Gasteiger partial charge in [-0.15, -0.1) is 11.3 Å². The highest BCUT2D eigenvalue weighted by atomic mass is 32.2. The van der Waals surface area contributed by atoms with Crippen LogP contribution in [0.3, 0.4) is 0 Å². The van der Waals surface area contributed by atoms with Gasteiger partial charge in [0.2, 0.25) is 5.91 Å². The number of thioether (sulfide) groups is 1. The molecule has 89 heavy (non-hydrogen) atoms. The summed E-state index contributed by atoms with van der Waals surface area (Å²) in [5.74, 6) is -0.637. The number of carbonyl (C=O) groups is 4. The van der Waals surface area contributed by atoms with Crippen molar-refractivity contribution in [3.63, 3.8) is 0 Å². The Morgan fingerprint density at radius 3 is 2.15 bits per heavy atom. The molecular weight excluding hydrogens is 1190 g/mol. The van der Waals surface area contributed by atoms with Crippen LogP contribution < -0.4 is 14.2 Å². The zero-order valence-electron chi connectivity index (χ0n) is 50.6. The Morgan fingerprint density at radius 1 is 0.831 bits per heavy atom. The molecule has 5 aromatic rings. The summed E-state index contributed by atoms with van der Waals surface area (Å²) in [4.78, 5) is 67.7. The summed E-state index contributed by atoms with van der Waals surface area (Å²) in [5, 5.41) is 10.4. The van der Waals surface area contributed by atoms with E-state index in [0.29, 0.717) is 83.2 Å². The third-order valence-electron chi connectivity index (χ3n) is 15.2. The van der Waals surface area contributed by atoms with Crippen LogP contribution in [-0.2, 0) is 57.2 Å². The Labute approximate surface area is 525 Å². The van der Waals surface area contributed by atoms with Crippen molar-refractivity contribution in [2.75, 3.05) is 92.9 Å². The highest BCUT2D eigenvalue weighted by molar-refractivity contribution is 8.18. The Hall–Kier alpha value is -7.14. The Kier molecular flexibility index (Phi) is 25.2. The fraction of sp³-hybridized carbons (Fsp3) is 0.455. The number of unbranched alkanes of at least 4 members (excludes halogenated alkanes) is 2. The monoisotopic (exact) mass is 1270 g/mol. The number of benzene rings is 4. The van der Waals surface area contributed by atoms with E-state index in [1.165, 1.54) is 37.5 Å². The molecule has 23 heteroatoms. The lowest BCUT2D eigenvalue weighted by atomic mass is 9.97. The summed E-state index contributed by atoms with van der Waals surface area (Å²) < 4.78 is 87.1. The number of likely N-dealkylation sites (tertiary alicyclic amines) is 1. The van der Waals surface area contributed by atoms with E-state index < -0.39 is 46.8 Å². The molecule has 0 bridgehead atoms. The van der Waals surface area contributed by atoms with Crippen molar-refractivity contribution in [3.05, 3.63) is 141 Å². The van der Waals surface area contributed by atoms with E-state index in [4.69, 9.17) is 44.5 Å². The van der Waals surface area contributed by atoms with Crippen LogP contribution in [0.25, 0.3) is 27.1 Å². The number of hydrogen-bond acceptors (Lipinski definition) is 17. The van der Waals surface area contributed by atoms with Crippen molar-refractivity contribution in [2.24, 2.45) is 5.92 Å². The molecule has 1 aromatic heterocycles. The van der Waals surface area contributed by atoms with Gasteiger partial charge < -0.3 is 52.8 Å². The van der Waals surface area contributed by atoms with Crippen molar-refractivity contribution in [1.29, 1.82) is 0 Å². The molecule has 3 amide bonds. The van der Waals surface area contributed by atoms with E-state index in [1.807, 2.05) is 73.6 Å². The minimum atomic E-state index is -4.77. The molecule has 18 nitrogen and oxygen atoms in total. The van der Waals surface area contributed by atoms with Crippen LogP contribution in [0.5, 0.6) is 23.0 Å². The van der Waals surface area contributed by atoms with Crippen LogP contribution in [0, 0.1) is 19.4 Å². The molecule has 4 heterocycles. The number of thiazole rings is 1. The number of alkyl halides is 3. The molecule has 3 atom stereocenters. The average molecular weight is 1270 g/mol. The first-order valence-corrected chi connectivity index (χ1v) is 31.4. The molecule has 2 saturated heterocycles. The number of β-amino-alcohol motifs (C(OH)–C–C–N with tert-alkyl or cyclic N) is 1. The normalized spacial score (nSPS) is 16.7. The van der Waals surface area contributed by atoms with Gasteiger partial charge in [-0.2, -0.15) is 13.2 Å². The van der Waals surface area contributed by atoms with Gasteiger partial charge in [0.1, 0.15) is 24.1 Å². The standard InChI is InChI=1S/C66H76F3N5O13S2/c1-43(2)61(73-40-49-13-7-8-14-52(49)45(73)4)64(78)74-41-51(75)39-54(74)55(76)20-18-47-16-17-48(62-44(3)71-42-88-62)37-58(47)86-34-33-85-32-30-83-27-12-10-25-81-24-9-11-26-82-29-31-84-28-23-72-63(77)60(89-65(72)79)36-46-15-21-57(59(35-46)80-6)87-56-22-19-50(70-5)38-53(56)66(67,68)69/h7-8,13-17,19,21-22,35-38,42-43,51,54,61,75H,4,9-12,18,20,23-34,39-41H2,1-3,6H3/b60-36-/t51-,54+,61+/m1/s1. The predicted molar refractivity (Wildman–Crippen MR) is 333 cm³/mol. The molecule has 3 aliphatic rings. The van der Waals surface area contributed by atoms with E-state index in [0.717, 1.165) is 86.9 Å². The summed E-state index contributed by atoms with van der Waals surface area (Å²) in [5.41, 5.74) is 6.62. The molecule has 0 spiro atoms. The molecule has 0 unspecified atom stereocenters. The lowest BCUT2D eigenvalue weighted by Gasteiger charge is -2.36. The highest BCUT2D eigenvalue weighted by Crippen LogP contribution is 2.43. The zero-order valence-corrected chi connectivity index (χ0v) is 52.2. The lowest BCUT2D eigenvalue weighted by Crippen LogP contribution is -2.52. The van der Waals surface area contributed by atoms with E-state index >= 15 is 0 Å². The first-order valence-electron chi connectivity index (χ1n) is 29.8. The number of ether oxygens (including phenoxy) is 8. The van der Waals surface area contributed by atoms with Gasteiger partial charge >= 0.3 is 6.18 Å². The number of nitrogens with zero attached hydrogens (tertiary/aromatic N) is 5. The number of aliphatic hydroxyl groups excluding tert-OH is 1. The fourth-order valence-corrected chi connectivity index (χ4v) is 12.3. The number of imide groups is 1. The lowest BCUT2D eigenvalue weighted by molar-refractivity contribution is -0.142. The first-order chi connectivity index (χ1) is 42.9. The number of rotatable bonds is 35. The van der Waals surface area contributed by atoms with E-state index in [-0.39, 0.29) is 85.5 Å². The summed E-state index contributed by atoms with van der Waals surface area (Å²) in [6.07, 6.45) is 0.00488. The smallest absolute Gasteiger partial charge is 0.418 e. The molecule has 3 aliphatic heterocycles. The van der Waals surface area contributed by atoms with Gasteiger partial charge in [0.05, 0.1) is 98.6 Å². The van der Waals surface area contributed by atoms with Gasteiger partial charge in [0.25, 0.3) is 11.1 Å². The average Bonchev–Trinajstić information content (AvgIpc) is 2.06. The van der Waals surface area contributed by atoms with Gasteiger partial charge in [0.15, 0.2) is 23.0 Å². The van der Waals surface area contributed by atoms with Crippen molar-refractivity contribution in [1.82, 2.24) is 19.7 Å². The Balaban J connectivity index is 0.646. The van der Waals surface area contributed by atoms with Gasteiger partial charge in [0, 0.05) is 63.6 Å². The quantitative estimate of drug-likeness (QED) is 0.0229. The SMILES string of the molecule is [C-]#[N+]c1ccc(Oc2ccc(/C=C3\SC(=O)N(CCOCCOCCCCOCCCCOCCOCCOc4cc(-c5scnc5C)ccc4CCC(=O)[C@@H]4C[C@@H](O)CN4C(=O)[C@H](C(C)C)N4Cc5ccccc5C4=C)C3=O)cc2OC)c(C(F)(F)F)c1. The summed E-state index contributed by atoms with van der Waals surface area (Å²) >= 11 is 2.31. The highest BCUT2D eigenvalue weighted by Gasteiger charge is 2.45. The maximum Gasteiger partial charge on any atom is 0.418 e. The second-order valence-electron chi connectivity index (χ2n) is 21.8.